The van der Waals surface area contributed by atoms with Gasteiger partial charge in [-0.1, -0.05) is 36.4 Å². The fourth-order valence-corrected chi connectivity index (χ4v) is 5.46. The Morgan fingerprint density at radius 1 is 0.882 bits per heavy atom. The first kappa shape index (κ1) is 21.0. The van der Waals surface area contributed by atoms with Crippen LogP contribution in [0.3, 0.4) is 0 Å². The molecule has 1 N–H and O–H groups in total. The zero-order valence-corrected chi connectivity index (χ0v) is 19.1. The number of nitrogens with one attached hydrogen (secondary N) is 1. The van der Waals surface area contributed by atoms with Crippen molar-refractivity contribution >= 4 is 28.3 Å². The second-order valence-electron chi connectivity index (χ2n) is 9.57. The van der Waals surface area contributed by atoms with Crippen molar-refractivity contribution in [3.05, 3.63) is 66.2 Å². The summed E-state index contributed by atoms with van der Waals surface area (Å²) in [4.78, 5) is 28.0. The van der Waals surface area contributed by atoms with Crippen molar-refractivity contribution in [1.29, 1.82) is 0 Å². The smallest absolute Gasteiger partial charge is 0.254 e. The molecule has 0 unspecified atom stereocenters. The van der Waals surface area contributed by atoms with Gasteiger partial charge in [0.1, 0.15) is 0 Å². The Balaban J connectivity index is 1.08. The monoisotopic (exact) mass is 456 g/mol. The van der Waals surface area contributed by atoms with Gasteiger partial charge in [0, 0.05) is 49.2 Å². The second-order valence-corrected chi connectivity index (χ2v) is 9.57. The quantitative estimate of drug-likeness (QED) is 0.575. The minimum atomic E-state index is -0.506. The van der Waals surface area contributed by atoms with Crippen molar-refractivity contribution in [1.82, 2.24) is 4.90 Å². The van der Waals surface area contributed by atoms with Crippen molar-refractivity contribution in [2.75, 3.05) is 18.4 Å². The van der Waals surface area contributed by atoms with E-state index in [0.29, 0.717) is 31.7 Å². The zero-order valence-electron chi connectivity index (χ0n) is 19.1. The highest BCUT2D eigenvalue weighted by molar-refractivity contribution is 6.07. The summed E-state index contributed by atoms with van der Waals surface area (Å²) in [6.07, 6.45) is 5.32. The van der Waals surface area contributed by atoms with Gasteiger partial charge in [0.2, 0.25) is 5.91 Å². The van der Waals surface area contributed by atoms with E-state index in [2.05, 4.69) is 5.32 Å². The van der Waals surface area contributed by atoms with E-state index in [4.69, 9.17) is 9.47 Å². The minimum Gasteiger partial charge on any atom is -0.448 e. The molecule has 6 heteroatoms. The molecule has 2 amide bonds. The Bertz CT molecular complexity index is 1250. The summed E-state index contributed by atoms with van der Waals surface area (Å²) in [5.74, 6) is 0.853. The van der Waals surface area contributed by atoms with Crippen LogP contribution < -0.4 is 14.8 Å². The van der Waals surface area contributed by atoms with E-state index in [9.17, 15) is 9.59 Å². The SMILES string of the molecule is O=C(Nc1ccc2c(c1)OC1(CCCC1)O2)C1CCN(C(=O)c2cccc3ccccc23)CC1. The second kappa shape index (κ2) is 8.35. The Labute approximate surface area is 198 Å². The Morgan fingerprint density at radius 2 is 1.62 bits per heavy atom. The summed E-state index contributed by atoms with van der Waals surface area (Å²) < 4.78 is 12.2. The van der Waals surface area contributed by atoms with Crippen molar-refractivity contribution in [3.8, 4) is 11.5 Å². The third-order valence-corrected chi connectivity index (χ3v) is 7.34. The number of likely N-dealkylation sites (tertiary alicyclic amines) is 1. The third kappa shape index (κ3) is 3.77. The zero-order chi connectivity index (χ0) is 23.1. The van der Waals surface area contributed by atoms with Gasteiger partial charge in [-0.05, 0) is 54.7 Å². The topological polar surface area (TPSA) is 67.9 Å². The fourth-order valence-electron chi connectivity index (χ4n) is 5.46. The summed E-state index contributed by atoms with van der Waals surface area (Å²) in [6, 6.07) is 19.4. The van der Waals surface area contributed by atoms with Gasteiger partial charge in [-0.25, -0.2) is 0 Å². The van der Waals surface area contributed by atoms with Gasteiger partial charge in [-0.3, -0.25) is 9.59 Å². The van der Waals surface area contributed by atoms with Crippen LogP contribution in [0, 0.1) is 5.92 Å². The number of carbonyl (C=O) groups excluding carboxylic acids is 2. The molecule has 3 aliphatic rings. The Morgan fingerprint density at radius 3 is 2.44 bits per heavy atom. The van der Waals surface area contributed by atoms with Crippen molar-refractivity contribution in [2.45, 2.75) is 44.3 Å². The molecule has 3 aromatic rings. The highest BCUT2D eigenvalue weighted by atomic mass is 16.7. The number of fused-ring (bicyclic) bond motifs is 2. The lowest BCUT2D eigenvalue weighted by Crippen LogP contribution is -2.41. The molecule has 0 radical (unpaired) electrons. The lowest BCUT2D eigenvalue weighted by molar-refractivity contribution is -0.121. The molecule has 6 nitrogen and oxygen atoms in total. The number of hydrogen-bond donors (Lipinski definition) is 1. The molecule has 2 aliphatic heterocycles. The van der Waals surface area contributed by atoms with Crippen LogP contribution in [0.5, 0.6) is 11.5 Å². The number of benzene rings is 3. The molecular formula is C28H28N2O4. The highest BCUT2D eigenvalue weighted by Crippen LogP contribution is 2.47. The number of piperidine rings is 1. The van der Waals surface area contributed by atoms with Crippen LogP contribution in [-0.4, -0.2) is 35.6 Å². The number of anilines is 1. The van der Waals surface area contributed by atoms with Gasteiger partial charge >= 0.3 is 0 Å². The maximum atomic E-state index is 13.2. The number of ether oxygens (including phenoxy) is 2. The summed E-state index contributed by atoms with van der Waals surface area (Å²) in [7, 11) is 0. The normalized spacial score (nSPS) is 19.0. The number of amides is 2. The van der Waals surface area contributed by atoms with E-state index >= 15 is 0 Å². The summed E-state index contributed by atoms with van der Waals surface area (Å²) in [5.41, 5.74) is 1.44. The number of rotatable bonds is 3. The first-order valence-electron chi connectivity index (χ1n) is 12.2. The van der Waals surface area contributed by atoms with Gasteiger partial charge < -0.3 is 19.7 Å². The van der Waals surface area contributed by atoms with Gasteiger partial charge in [-0.2, -0.15) is 0 Å². The highest BCUT2D eigenvalue weighted by Gasteiger charge is 2.44. The summed E-state index contributed by atoms with van der Waals surface area (Å²) >= 11 is 0. The predicted octanol–water partition coefficient (Wildman–Crippen LogP) is 5.37. The average molecular weight is 457 g/mol. The molecule has 6 rings (SSSR count). The van der Waals surface area contributed by atoms with Gasteiger partial charge in [0.05, 0.1) is 0 Å². The van der Waals surface area contributed by atoms with Crippen LogP contribution in [0.4, 0.5) is 5.69 Å². The van der Waals surface area contributed by atoms with Gasteiger partial charge in [-0.15, -0.1) is 0 Å². The number of nitrogens with zero attached hydrogens (tertiary/aromatic N) is 1. The average Bonchev–Trinajstić information content (AvgIpc) is 3.48. The molecule has 1 saturated carbocycles. The molecule has 3 aromatic carbocycles. The van der Waals surface area contributed by atoms with E-state index in [1.165, 1.54) is 0 Å². The van der Waals surface area contributed by atoms with Crippen LogP contribution >= 0.6 is 0 Å². The van der Waals surface area contributed by atoms with Crippen LogP contribution in [0.2, 0.25) is 0 Å². The van der Waals surface area contributed by atoms with E-state index in [0.717, 1.165) is 53.5 Å². The molecule has 2 fully saturated rings. The van der Waals surface area contributed by atoms with Crippen molar-refractivity contribution in [2.24, 2.45) is 5.92 Å². The van der Waals surface area contributed by atoms with E-state index < -0.39 is 5.79 Å². The Hall–Kier alpha value is -3.54. The summed E-state index contributed by atoms with van der Waals surface area (Å²) in [5, 5.41) is 5.07. The van der Waals surface area contributed by atoms with Crippen molar-refractivity contribution in [3.63, 3.8) is 0 Å². The molecule has 1 spiro atoms. The lowest BCUT2D eigenvalue weighted by Gasteiger charge is -2.31. The molecule has 2 heterocycles. The third-order valence-electron chi connectivity index (χ3n) is 7.34. The molecule has 174 valence electrons. The maximum Gasteiger partial charge on any atom is 0.254 e. The number of carbonyl (C=O) groups is 2. The largest absolute Gasteiger partial charge is 0.448 e. The number of hydrogen-bond acceptors (Lipinski definition) is 4. The molecule has 0 aromatic heterocycles. The van der Waals surface area contributed by atoms with Crippen molar-refractivity contribution < 1.29 is 19.1 Å². The van der Waals surface area contributed by atoms with Crippen LogP contribution in [0.15, 0.2) is 60.7 Å². The molecular weight excluding hydrogens is 428 g/mol. The van der Waals surface area contributed by atoms with Crippen LogP contribution in [0.25, 0.3) is 10.8 Å². The molecule has 1 aliphatic carbocycles. The Kier molecular flexibility index (Phi) is 5.16. The first-order valence-corrected chi connectivity index (χ1v) is 12.2. The lowest BCUT2D eigenvalue weighted by atomic mass is 9.94. The first-order chi connectivity index (χ1) is 16.6. The van der Waals surface area contributed by atoms with Crippen LogP contribution in [0.1, 0.15) is 48.9 Å². The molecule has 0 bridgehead atoms. The van der Waals surface area contributed by atoms with E-state index in [1.54, 1.807) is 0 Å². The van der Waals surface area contributed by atoms with Gasteiger partial charge in [0.25, 0.3) is 11.7 Å². The summed E-state index contributed by atoms with van der Waals surface area (Å²) in [6.45, 7) is 1.15. The van der Waals surface area contributed by atoms with Gasteiger partial charge in [0.15, 0.2) is 11.5 Å². The molecule has 1 saturated heterocycles. The fraction of sp³-hybridized carbons (Fsp3) is 0.357. The van der Waals surface area contributed by atoms with Crippen LogP contribution in [-0.2, 0) is 4.79 Å². The molecule has 34 heavy (non-hydrogen) atoms. The van der Waals surface area contributed by atoms with E-state index in [-0.39, 0.29) is 17.7 Å². The molecule has 0 atom stereocenters. The van der Waals surface area contributed by atoms with E-state index in [1.807, 2.05) is 65.6 Å². The standard InChI is InChI=1S/C28H28N2O4/c31-26(29-21-10-11-24-25(18-21)34-28(33-24)14-3-4-15-28)20-12-16-30(17-13-20)27(32)23-9-5-7-19-6-1-2-8-22(19)23/h1-2,5-11,18,20H,3-4,12-17H2,(H,29,31). The predicted molar refractivity (Wildman–Crippen MR) is 130 cm³/mol. The minimum absolute atomic E-state index is 0.00768. The maximum absolute atomic E-state index is 13.2.